The first-order valence-corrected chi connectivity index (χ1v) is 11.1. The molecule has 0 aliphatic carbocycles. The molecule has 32 heavy (non-hydrogen) atoms. The highest BCUT2D eigenvalue weighted by atomic mass is 32.1. The van der Waals surface area contributed by atoms with Crippen molar-refractivity contribution in [3.8, 4) is 10.6 Å². The van der Waals surface area contributed by atoms with Crippen molar-refractivity contribution >= 4 is 22.9 Å². The Bertz CT molecular complexity index is 1280. The molecule has 0 saturated carbocycles. The molecule has 1 fully saturated rings. The summed E-state index contributed by atoms with van der Waals surface area (Å²) in [6, 6.07) is 6.10. The number of likely N-dealkylation sites (tertiary alicyclic amines) is 1. The van der Waals surface area contributed by atoms with Crippen molar-refractivity contribution in [1.29, 1.82) is 0 Å². The monoisotopic (exact) mass is 460 g/mol. The molecule has 0 radical (unpaired) electrons. The predicted molar refractivity (Wildman–Crippen MR) is 112 cm³/mol. The van der Waals surface area contributed by atoms with E-state index in [-0.39, 0.29) is 28.9 Å². The maximum absolute atomic E-state index is 13.8. The van der Waals surface area contributed by atoms with Gasteiger partial charge in [0.1, 0.15) is 5.56 Å². The molecule has 4 aromatic heterocycles. The molecule has 4 aromatic rings. The zero-order valence-corrected chi connectivity index (χ0v) is 17.9. The summed E-state index contributed by atoms with van der Waals surface area (Å²) in [4.78, 5) is 20.2. The van der Waals surface area contributed by atoms with Gasteiger partial charge in [0.25, 0.3) is 5.91 Å². The van der Waals surface area contributed by atoms with Crippen LogP contribution in [0, 0.1) is 0 Å². The minimum Gasteiger partial charge on any atom is -0.330 e. The summed E-state index contributed by atoms with van der Waals surface area (Å²) in [6.07, 6.45) is -0.210. The number of carbonyl (C=O) groups excluding carboxylic acids is 1. The van der Waals surface area contributed by atoms with E-state index in [9.17, 15) is 18.0 Å². The summed E-state index contributed by atoms with van der Waals surface area (Å²) in [5.74, 6) is -0.379. The second-order valence-corrected chi connectivity index (χ2v) is 8.47. The third kappa shape index (κ3) is 3.36. The quantitative estimate of drug-likeness (QED) is 0.444. The number of amides is 1. The molecular weight excluding hydrogens is 441 g/mol. The second-order valence-electron chi connectivity index (χ2n) is 7.52. The summed E-state index contributed by atoms with van der Waals surface area (Å²) in [6.45, 7) is 3.14. The fourth-order valence-electron chi connectivity index (χ4n) is 4.23. The Balaban J connectivity index is 1.61. The van der Waals surface area contributed by atoms with Crippen LogP contribution in [0.3, 0.4) is 0 Å². The fourth-order valence-corrected chi connectivity index (χ4v) is 4.91. The van der Waals surface area contributed by atoms with Crippen LogP contribution in [-0.2, 0) is 12.7 Å². The maximum atomic E-state index is 13.8. The van der Waals surface area contributed by atoms with E-state index in [1.165, 1.54) is 17.5 Å². The first-order valence-electron chi connectivity index (χ1n) is 10.2. The topological polar surface area (TPSA) is 68.3 Å². The van der Waals surface area contributed by atoms with Crippen LogP contribution >= 0.6 is 11.3 Å². The van der Waals surface area contributed by atoms with Crippen molar-refractivity contribution in [2.24, 2.45) is 0 Å². The van der Waals surface area contributed by atoms with Gasteiger partial charge in [0.05, 0.1) is 28.5 Å². The molecule has 0 spiro atoms. The molecule has 1 aliphatic heterocycles. The summed E-state index contributed by atoms with van der Waals surface area (Å²) >= 11 is 1.28. The van der Waals surface area contributed by atoms with E-state index < -0.39 is 11.9 Å². The molecule has 5 heterocycles. The number of aryl methyl sites for hydroxylation is 1. The Morgan fingerprint density at radius 1 is 1.28 bits per heavy atom. The van der Waals surface area contributed by atoms with Crippen molar-refractivity contribution in [3.63, 3.8) is 0 Å². The van der Waals surface area contributed by atoms with Gasteiger partial charge in [-0.1, -0.05) is 6.07 Å². The van der Waals surface area contributed by atoms with Gasteiger partial charge in [0.2, 0.25) is 0 Å². The van der Waals surface area contributed by atoms with E-state index in [0.29, 0.717) is 22.5 Å². The van der Waals surface area contributed by atoms with Crippen LogP contribution in [0.2, 0.25) is 0 Å². The standard InChI is InChI=1S/C21H19F3N6OS/c1-2-29-16(7-8-25-29)15-5-3-9-28(15)20(31)13-12-26-30-18(21(22,23)24)11-14(27-19(13)30)17-6-4-10-32-17/h4,6-8,10-12,15H,2-3,5,9H2,1H3/t15-/m1/s1. The number of rotatable bonds is 4. The highest BCUT2D eigenvalue weighted by Gasteiger charge is 2.38. The van der Waals surface area contributed by atoms with Crippen molar-refractivity contribution in [2.45, 2.75) is 38.5 Å². The highest BCUT2D eigenvalue weighted by Crippen LogP contribution is 2.36. The molecular formula is C21H19F3N6OS. The summed E-state index contributed by atoms with van der Waals surface area (Å²) < 4.78 is 43.9. The molecule has 0 unspecified atom stereocenters. The summed E-state index contributed by atoms with van der Waals surface area (Å²) in [5, 5.41) is 9.95. The molecule has 0 N–H and O–H groups in total. The van der Waals surface area contributed by atoms with Gasteiger partial charge in [-0.05, 0) is 43.3 Å². The number of hydrogen-bond donors (Lipinski definition) is 0. The average molecular weight is 460 g/mol. The van der Waals surface area contributed by atoms with Gasteiger partial charge in [0, 0.05) is 19.3 Å². The van der Waals surface area contributed by atoms with Gasteiger partial charge in [0.15, 0.2) is 11.3 Å². The third-order valence-corrected chi connectivity index (χ3v) is 6.56. The fraction of sp³-hybridized carbons (Fsp3) is 0.333. The zero-order chi connectivity index (χ0) is 22.5. The molecule has 1 saturated heterocycles. The molecule has 166 valence electrons. The lowest BCUT2D eigenvalue weighted by Gasteiger charge is -2.25. The van der Waals surface area contributed by atoms with Crippen LogP contribution in [0.1, 0.15) is 47.6 Å². The SMILES string of the molecule is CCn1nccc1[C@H]1CCCN1C(=O)c1cnn2c(C(F)(F)F)cc(-c3cccs3)nc12. The number of alkyl halides is 3. The molecule has 11 heteroatoms. The third-order valence-electron chi connectivity index (χ3n) is 5.67. The Morgan fingerprint density at radius 2 is 2.12 bits per heavy atom. The van der Waals surface area contributed by atoms with Gasteiger partial charge in [-0.25, -0.2) is 9.50 Å². The summed E-state index contributed by atoms with van der Waals surface area (Å²) in [5.41, 5.74) is 0.0765. The lowest BCUT2D eigenvalue weighted by Crippen LogP contribution is -2.31. The molecule has 7 nitrogen and oxygen atoms in total. The van der Waals surface area contributed by atoms with E-state index in [1.54, 1.807) is 28.6 Å². The van der Waals surface area contributed by atoms with Crippen LogP contribution in [-0.4, -0.2) is 41.7 Å². The van der Waals surface area contributed by atoms with Gasteiger partial charge < -0.3 is 4.90 Å². The van der Waals surface area contributed by atoms with Crippen molar-refractivity contribution in [2.75, 3.05) is 6.54 Å². The largest absolute Gasteiger partial charge is 0.433 e. The van der Waals surface area contributed by atoms with E-state index >= 15 is 0 Å². The average Bonchev–Trinajstić information content (AvgIpc) is 3.56. The maximum Gasteiger partial charge on any atom is 0.433 e. The van der Waals surface area contributed by atoms with Crippen LogP contribution < -0.4 is 0 Å². The smallest absolute Gasteiger partial charge is 0.330 e. The minimum atomic E-state index is -4.65. The Hall–Kier alpha value is -3.21. The molecule has 0 bridgehead atoms. The highest BCUT2D eigenvalue weighted by molar-refractivity contribution is 7.13. The van der Waals surface area contributed by atoms with Crippen LogP contribution in [0.15, 0.2) is 42.0 Å². The normalized spacial score (nSPS) is 16.9. The van der Waals surface area contributed by atoms with Crippen molar-refractivity contribution < 1.29 is 18.0 Å². The molecule has 5 rings (SSSR count). The lowest BCUT2D eigenvalue weighted by atomic mass is 10.1. The number of halogens is 3. The van der Waals surface area contributed by atoms with Crippen LogP contribution in [0.5, 0.6) is 0 Å². The Kier molecular flexibility index (Phi) is 5.00. The molecule has 1 aliphatic rings. The first kappa shape index (κ1) is 20.7. The van der Waals surface area contributed by atoms with Gasteiger partial charge in [-0.15, -0.1) is 11.3 Å². The lowest BCUT2D eigenvalue weighted by molar-refractivity contribution is -0.142. The number of thiophene rings is 1. The van der Waals surface area contributed by atoms with Gasteiger partial charge in [-0.2, -0.15) is 23.4 Å². The summed E-state index contributed by atoms with van der Waals surface area (Å²) in [7, 11) is 0. The number of aromatic nitrogens is 5. The van der Waals surface area contributed by atoms with Crippen LogP contribution in [0.4, 0.5) is 13.2 Å². The van der Waals surface area contributed by atoms with E-state index in [1.807, 2.05) is 17.7 Å². The molecule has 1 atom stereocenters. The van der Waals surface area contributed by atoms with Crippen molar-refractivity contribution in [1.82, 2.24) is 29.3 Å². The van der Waals surface area contributed by atoms with E-state index in [4.69, 9.17) is 0 Å². The second kappa shape index (κ2) is 7.73. The number of nitrogens with zero attached hydrogens (tertiary/aromatic N) is 6. The number of carbonyl (C=O) groups is 1. The van der Waals surface area contributed by atoms with Gasteiger partial charge >= 0.3 is 6.18 Å². The molecule has 0 aromatic carbocycles. The Labute approximate surface area is 185 Å². The van der Waals surface area contributed by atoms with E-state index in [0.717, 1.165) is 24.6 Å². The van der Waals surface area contributed by atoms with Crippen molar-refractivity contribution in [3.05, 3.63) is 59.0 Å². The number of fused-ring (bicyclic) bond motifs is 1. The van der Waals surface area contributed by atoms with E-state index in [2.05, 4.69) is 15.2 Å². The van der Waals surface area contributed by atoms with Gasteiger partial charge in [-0.3, -0.25) is 9.48 Å². The number of hydrogen-bond acceptors (Lipinski definition) is 5. The zero-order valence-electron chi connectivity index (χ0n) is 17.1. The Morgan fingerprint density at radius 3 is 2.84 bits per heavy atom. The first-order chi connectivity index (χ1) is 15.4. The minimum absolute atomic E-state index is 0.0587. The predicted octanol–water partition coefficient (Wildman–Crippen LogP) is 4.67. The van der Waals surface area contributed by atoms with Crippen LogP contribution in [0.25, 0.3) is 16.2 Å². The molecule has 1 amide bonds.